The van der Waals surface area contributed by atoms with Crippen LogP contribution in [0.4, 0.5) is 17.1 Å². The first-order valence-electron chi connectivity index (χ1n) is 26.9. The molecule has 0 radical (unpaired) electrons. The molecule has 0 saturated carbocycles. The Morgan fingerprint density at radius 1 is 0.293 bits per heavy atom. The average Bonchev–Trinajstić information content (AvgIpc) is 3.87. The van der Waals surface area contributed by atoms with Gasteiger partial charge in [0, 0.05) is 33.2 Å². The van der Waals surface area contributed by atoms with E-state index in [4.69, 9.17) is 4.42 Å². The summed E-state index contributed by atoms with van der Waals surface area (Å²) in [6, 6.07) is 44.5. The second kappa shape index (κ2) is 18.9. The summed E-state index contributed by atoms with van der Waals surface area (Å²) in [5, 5.41) is 7.11. The van der Waals surface area contributed by atoms with E-state index >= 15 is 0 Å². The van der Waals surface area contributed by atoms with E-state index in [2.05, 4.69) is 260 Å². The van der Waals surface area contributed by atoms with Crippen LogP contribution in [0.2, 0.25) is 0 Å². The number of anilines is 3. The highest BCUT2D eigenvalue weighted by atomic mass is 16.3. The molecule has 11 aromatic rings. The van der Waals surface area contributed by atoms with Gasteiger partial charge in [0.25, 0.3) is 0 Å². The summed E-state index contributed by atoms with van der Waals surface area (Å²) in [6.45, 7) is 0. The van der Waals surface area contributed by atoms with E-state index in [0.717, 1.165) is 44.1 Å². The van der Waals surface area contributed by atoms with Gasteiger partial charge in [-0.15, -0.1) is 16.4 Å². The standard InChI is InChI=1S/C56H54B17NO/c57-37-31(25-16-15-21-7-1-2-9-23(21)19-25)38(58)51(71)54(50(37)70)74(26-11-5-10-24(20-26)27-13-6-14-30-32(27)29-18-17-22-8-3-4-12-28(22)56(29)75-30)55-52(72)45(65)36(46(66)53(55)73)34-41(61)39(59)33(40(60)42(34)62)35-43(63)47(67)49(69)48(68)44(35)64/h1-20H,57-73H2. The molecule has 75 heavy (non-hydrogen) atoms. The molecule has 0 N–H and O–H groups in total. The number of furan rings is 1. The molecule has 10 aromatic carbocycles. The largest absolute Gasteiger partial charge is 0.455 e. The minimum Gasteiger partial charge on any atom is -0.455 e. The Bertz CT molecular complexity index is 4190. The third-order valence-electron chi connectivity index (χ3n) is 18.6. The Labute approximate surface area is 459 Å². The van der Waals surface area contributed by atoms with Crippen molar-refractivity contribution in [3.63, 3.8) is 0 Å². The lowest BCUT2D eigenvalue weighted by Gasteiger charge is -2.37. The van der Waals surface area contributed by atoms with Crippen LogP contribution >= 0.6 is 0 Å². The van der Waals surface area contributed by atoms with Gasteiger partial charge in [-0.25, -0.2) is 0 Å². The zero-order chi connectivity index (χ0) is 53.2. The Morgan fingerprint density at radius 3 is 1.29 bits per heavy atom. The van der Waals surface area contributed by atoms with Gasteiger partial charge < -0.3 is 9.32 Å². The van der Waals surface area contributed by atoms with Gasteiger partial charge in [-0.05, 0) is 91.0 Å². The van der Waals surface area contributed by atoms with E-state index in [1.165, 1.54) is 154 Å². The van der Waals surface area contributed by atoms with Gasteiger partial charge in [0.2, 0.25) is 0 Å². The molecule has 0 bridgehead atoms. The third kappa shape index (κ3) is 7.71. The van der Waals surface area contributed by atoms with E-state index < -0.39 is 0 Å². The van der Waals surface area contributed by atoms with Crippen molar-refractivity contribution in [2.75, 3.05) is 4.90 Å². The number of benzene rings is 10. The molecule has 340 valence electrons. The SMILES string of the molecule is Bc1c(B)c(B)c(-c2c(B)c(B)c(-c3c(B)c(B)c(N(c4cccc(-c5cccc6oc7c8ccccc8ccc7c56)c4)c4c(B)c(B)c(-c5ccc6ccccc6c5)c(B)c4B)c(B)c3B)c(B)c2B)c(B)c1B. The summed E-state index contributed by atoms with van der Waals surface area (Å²) in [7, 11) is 39.9. The fraction of sp³-hybridized carbons (Fsp3) is 0. The molecule has 0 aliphatic rings. The third-order valence-corrected chi connectivity index (χ3v) is 18.6. The number of hydrogen-bond donors (Lipinski definition) is 0. The van der Waals surface area contributed by atoms with Crippen molar-refractivity contribution in [1.82, 2.24) is 0 Å². The van der Waals surface area contributed by atoms with Gasteiger partial charge in [-0.2, -0.15) is 0 Å². The van der Waals surface area contributed by atoms with Gasteiger partial charge in [-0.3, -0.25) is 0 Å². The molecule has 0 fully saturated rings. The fourth-order valence-electron chi connectivity index (χ4n) is 13.3. The van der Waals surface area contributed by atoms with Crippen molar-refractivity contribution < 1.29 is 4.42 Å². The fourth-order valence-corrected chi connectivity index (χ4v) is 13.3. The lowest BCUT2D eigenvalue weighted by molar-refractivity contribution is 0.673. The molecular weight excluding hydrogens is 886 g/mol. The predicted octanol–water partition coefficient (Wildman–Crippen LogP) is -13.6. The molecule has 0 amide bonds. The number of fused-ring (bicyclic) bond motifs is 6. The molecule has 0 saturated heterocycles. The van der Waals surface area contributed by atoms with Crippen molar-refractivity contribution in [2.45, 2.75) is 0 Å². The molecule has 1 heterocycles. The van der Waals surface area contributed by atoms with Crippen LogP contribution in [0.3, 0.4) is 0 Å². The van der Waals surface area contributed by atoms with Gasteiger partial charge in [0.05, 0.1) is 0 Å². The molecule has 11 rings (SSSR count). The zero-order valence-electron chi connectivity index (χ0n) is 47.4. The summed E-state index contributed by atoms with van der Waals surface area (Å²) in [6.07, 6.45) is 0. The normalized spacial score (nSPS) is 11.6. The highest BCUT2D eigenvalue weighted by Crippen LogP contribution is 2.41. The van der Waals surface area contributed by atoms with E-state index in [9.17, 15) is 0 Å². The first-order chi connectivity index (χ1) is 35.8. The van der Waals surface area contributed by atoms with E-state index in [1.807, 2.05) is 0 Å². The molecule has 2 nitrogen and oxygen atoms in total. The highest BCUT2D eigenvalue weighted by Gasteiger charge is 2.29. The molecule has 0 atom stereocenters. The maximum Gasteiger partial charge on any atom is 0.143 e. The van der Waals surface area contributed by atoms with Crippen LogP contribution in [-0.4, -0.2) is 133 Å². The van der Waals surface area contributed by atoms with Crippen molar-refractivity contribution in [3.05, 3.63) is 121 Å². The maximum absolute atomic E-state index is 6.75. The molecule has 0 spiro atoms. The summed E-state index contributed by atoms with van der Waals surface area (Å²) < 4.78 is 6.75. The number of rotatable bonds is 7. The molecule has 0 unspecified atom stereocenters. The lowest BCUT2D eigenvalue weighted by atomic mass is 9.55. The van der Waals surface area contributed by atoms with Crippen LogP contribution in [0.1, 0.15) is 0 Å². The van der Waals surface area contributed by atoms with E-state index in [-0.39, 0.29) is 0 Å². The maximum atomic E-state index is 6.75. The Morgan fingerprint density at radius 2 is 0.733 bits per heavy atom. The summed E-state index contributed by atoms with van der Waals surface area (Å²) in [5.74, 6) is 0. The van der Waals surface area contributed by atoms with Gasteiger partial charge >= 0.3 is 0 Å². The molecule has 1 aromatic heterocycles. The van der Waals surface area contributed by atoms with Crippen molar-refractivity contribution in [2.24, 2.45) is 0 Å². The summed E-state index contributed by atoms with van der Waals surface area (Å²) in [5.41, 5.74) is 38.7. The van der Waals surface area contributed by atoms with Gasteiger partial charge in [0.15, 0.2) is 0 Å². The second-order valence-electron chi connectivity index (χ2n) is 22.1. The highest BCUT2D eigenvalue weighted by molar-refractivity contribution is 6.72. The van der Waals surface area contributed by atoms with Crippen LogP contribution in [0.5, 0.6) is 0 Å². The van der Waals surface area contributed by atoms with Crippen molar-refractivity contribution >= 4 is 287 Å². The molecule has 0 aliphatic heterocycles. The van der Waals surface area contributed by atoms with Crippen LogP contribution in [0.25, 0.3) is 88.0 Å². The lowest BCUT2D eigenvalue weighted by Crippen LogP contribution is -2.57. The van der Waals surface area contributed by atoms with E-state index in [1.54, 1.807) is 0 Å². The van der Waals surface area contributed by atoms with Crippen LogP contribution < -0.4 is 97.8 Å². The van der Waals surface area contributed by atoms with Crippen LogP contribution in [0, 0.1) is 0 Å². The monoisotopic (exact) mass is 944 g/mol. The summed E-state index contributed by atoms with van der Waals surface area (Å²) >= 11 is 0. The topological polar surface area (TPSA) is 16.4 Å². The Kier molecular flexibility index (Phi) is 12.8. The molecule has 0 aliphatic carbocycles. The first-order valence-corrected chi connectivity index (χ1v) is 26.9. The summed E-state index contributed by atoms with van der Waals surface area (Å²) in [4.78, 5) is 2.63. The van der Waals surface area contributed by atoms with Crippen LogP contribution in [0.15, 0.2) is 126 Å². The predicted molar refractivity (Wildman–Crippen MR) is 384 cm³/mol. The minimum atomic E-state index is 0.898. The van der Waals surface area contributed by atoms with Gasteiger partial charge in [0.1, 0.15) is 145 Å². The molecular formula is C56H54B17NO. The Hall–Kier alpha value is -6.58. The van der Waals surface area contributed by atoms with Crippen molar-refractivity contribution in [3.8, 4) is 44.5 Å². The quantitative estimate of drug-likeness (QED) is 0.148. The first kappa shape index (κ1) is 50.6. The van der Waals surface area contributed by atoms with Crippen molar-refractivity contribution in [1.29, 1.82) is 0 Å². The number of hydrogen-bond acceptors (Lipinski definition) is 2. The zero-order valence-corrected chi connectivity index (χ0v) is 47.4. The van der Waals surface area contributed by atoms with Gasteiger partial charge in [-0.1, -0.05) is 167 Å². The molecule has 19 heteroatoms. The average molecular weight is 941 g/mol. The smallest absolute Gasteiger partial charge is 0.143 e. The Balaban J connectivity index is 1.16. The van der Waals surface area contributed by atoms with Crippen LogP contribution in [-0.2, 0) is 0 Å². The second-order valence-corrected chi connectivity index (χ2v) is 22.1. The number of nitrogens with zero attached hydrogens (tertiary/aromatic N) is 1. The van der Waals surface area contributed by atoms with E-state index in [0.29, 0.717) is 0 Å². The minimum absolute atomic E-state index is 0.898.